The van der Waals surface area contributed by atoms with E-state index in [2.05, 4.69) is 36.4 Å². The first-order valence-electron chi connectivity index (χ1n) is 12.4. The molecule has 0 aromatic heterocycles. The molecule has 4 aromatic rings. The second-order valence-corrected chi connectivity index (χ2v) is 8.63. The zero-order chi connectivity index (χ0) is 25.8. The van der Waals surface area contributed by atoms with E-state index in [4.69, 9.17) is 14.2 Å². The Kier molecular flexibility index (Phi) is 9.41. The van der Waals surface area contributed by atoms with Crippen LogP contribution in [-0.2, 0) is 26.5 Å². The number of rotatable bonds is 13. The second kappa shape index (κ2) is 13.4. The van der Waals surface area contributed by atoms with Gasteiger partial charge in [0.05, 0.1) is 20.3 Å². The van der Waals surface area contributed by atoms with Crippen molar-refractivity contribution in [1.29, 1.82) is 0 Å². The molecule has 0 saturated heterocycles. The van der Waals surface area contributed by atoms with Crippen molar-refractivity contribution >= 4 is 6.29 Å². The number of methoxy groups -OCH3 is 1. The highest BCUT2D eigenvalue weighted by Crippen LogP contribution is 2.40. The van der Waals surface area contributed by atoms with Crippen LogP contribution in [0.3, 0.4) is 0 Å². The van der Waals surface area contributed by atoms with Crippen LogP contribution in [0.5, 0.6) is 5.75 Å². The molecule has 188 valence electrons. The first kappa shape index (κ1) is 26.1. The monoisotopic (exact) mass is 492 g/mol. The third-order valence-corrected chi connectivity index (χ3v) is 6.25. The quantitative estimate of drug-likeness (QED) is 0.118. The summed E-state index contributed by atoms with van der Waals surface area (Å²) in [6.07, 6.45) is 4.69. The molecular weight excluding hydrogens is 460 g/mol. The molecule has 1 atom stereocenters. The van der Waals surface area contributed by atoms with Gasteiger partial charge in [-0.3, -0.25) is 0 Å². The predicted molar refractivity (Wildman–Crippen MR) is 147 cm³/mol. The number of ether oxygens (including phenoxy) is 3. The van der Waals surface area contributed by atoms with Crippen LogP contribution in [0.4, 0.5) is 0 Å². The molecule has 4 rings (SSSR count). The zero-order valence-corrected chi connectivity index (χ0v) is 21.0. The van der Waals surface area contributed by atoms with Gasteiger partial charge in [0, 0.05) is 0 Å². The standard InChI is InChI=1S/C33H32O4/c1-35-31-22-20-27(21-23-31)26-36-32(25-34)19-11-12-24-37-33(28-13-5-2-6-14-28,29-15-7-3-8-16-29)30-17-9-4-10-18-30/h2-18,20-23,25,32H,19,24,26H2,1H3/b12-11+/t32-/m0/s1. The van der Waals surface area contributed by atoms with Crippen molar-refractivity contribution < 1.29 is 19.0 Å². The molecule has 0 amide bonds. The lowest BCUT2D eigenvalue weighted by Gasteiger charge is -2.35. The van der Waals surface area contributed by atoms with E-state index in [0.717, 1.165) is 34.3 Å². The Hall–Kier alpha value is -3.99. The Morgan fingerprint density at radius 1 is 0.703 bits per heavy atom. The summed E-state index contributed by atoms with van der Waals surface area (Å²) < 4.78 is 17.7. The van der Waals surface area contributed by atoms with Crippen LogP contribution >= 0.6 is 0 Å². The highest BCUT2D eigenvalue weighted by Gasteiger charge is 2.37. The first-order valence-corrected chi connectivity index (χ1v) is 12.4. The Balaban J connectivity index is 1.47. The van der Waals surface area contributed by atoms with Crippen LogP contribution in [-0.4, -0.2) is 26.1 Å². The van der Waals surface area contributed by atoms with Gasteiger partial charge in [-0.05, 0) is 40.8 Å². The highest BCUT2D eigenvalue weighted by molar-refractivity contribution is 5.56. The number of hydrogen-bond donors (Lipinski definition) is 0. The predicted octanol–water partition coefficient (Wildman–Crippen LogP) is 6.73. The summed E-state index contributed by atoms with van der Waals surface area (Å²) >= 11 is 0. The summed E-state index contributed by atoms with van der Waals surface area (Å²) in [6, 6.07) is 38.4. The topological polar surface area (TPSA) is 44.8 Å². The Labute approximate surface area is 219 Å². The van der Waals surface area contributed by atoms with E-state index in [1.54, 1.807) is 7.11 Å². The molecule has 0 radical (unpaired) electrons. The smallest absolute Gasteiger partial charge is 0.149 e. The van der Waals surface area contributed by atoms with Crippen LogP contribution in [0.1, 0.15) is 28.7 Å². The first-order chi connectivity index (χ1) is 18.3. The van der Waals surface area contributed by atoms with E-state index < -0.39 is 11.7 Å². The fourth-order valence-corrected chi connectivity index (χ4v) is 4.33. The number of hydrogen-bond acceptors (Lipinski definition) is 4. The molecule has 0 bridgehead atoms. The van der Waals surface area contributed by atoms with Crippen molar-refractivity contribution in [1.82, 2.24) is 0 Å². The minimum Gasteiger partial charge on any atom is -0.497 e. The Bertz CT molecular complexity index is 1140. The SMILES string of the molecule is COc1ccc(CO[C@H](C=O)C/C=C/COC(c2ccccc2)(c2ccccc2)c2ccccc2)cc1. The molecule has 0 saturated carbocycles. The lowest BCUT2D eigenvalue weighted by molar-refractivity contribution is -0.118. The van der Waals surface area contributed by atoms with Crippen LogP contribution in [0.15, 0.2) is 127 Å². The van der Waals surface area contributed by atoms with Crippen LogP contribution < -0.4 is 4.74 Å². The van der Waals surface area contributed by atoms with Gasteiger partial charge < -0.3 is 19.0 Å². The minimum absolute atomic E-state index is 0.358. The molecule has 4 heteroatoms. The largest absolute Gasteiger partial charge is 0.497 e. The van der Waals surface area contributed by atoms with Crippen molar-refractivity contribution in [3.05, 3.63) is 150 Å². The Morgan fingerprint density at radius 3 is 1.68 bits per heavy atom. The molecule has 0 spiro atoms. The van der Waals surface area contributed by atoms with Gasteiger partial charge >= 0.3 is 0 Å². The Morgan fingerprint density at radius 2 is 1.22 bits per heavy atom. The molecule has 4 aromatic carbocycles. The average molecular weight is 493 g/mol. The number of carbonyl (C=O) groups excluding carboxylic acids is 1. The van der Waals surface area contributed by atoms with Gasteiger partial charge in [-0.2, -0.15) is 0 Å². The number of carbonyl (C=O) groups is 1. The van der Waals surface area contributed by atoms with Crippen molar-refractivity contribution in [2.45, 2.75) is 24.7 Å². The zero-order valence-electron chi connectivity index (χ0n) is 21.0. The van der Waals surface area contributed by atoms with Gasteiger partial charge in [-0.15, -0.1) is 0 Å². The summed E-state index contributed by atoms with van der Waals surface area (Å²) in [6.45, 7) is 0.722. The lowest BCUT2D eigenvalue weighted by atomic mass is 9.80. The molecule has 0 N–H and O–H groups in total. The number of benzene rings is 4. The molecule has 0 aliphatic rings. The molecule has 0 fully saturated rings. The maximum Gasteiger partial charge on any atom is 0.149 e. The fraction of sp³-hybridized carbons (Fsp3) is 0.182. The number of aldehydes is 1. The summed E-state index contributed by atoms with van der Waals surface area (Å²) in [5.41, 5.74) is 3.36. The lowest BCUT2D eigenvalue weighted by Crippen LogP contribution is -2.33. The third kappa shape index (κ3) is 6.62. The summed E-state index contributed by atoms with van der Waals surface area (Å²) in [5.74, 6) is 0.788. The van der Waals surface area contributed by atoms with Crippen molar-refractivity contribution in [3.8, 4) is 5.75 Å². The average Bonchev–Trinajstić information content (AvgIpc) is 2.98. The van der Waals surface area contributed by atoms with Crippen LogP contribution in [0, 0.1) is 0 Å². The van der Waals surface area contributed by atoms with Crippen LogP contribution in [0.2, 0.25) is 0 Å². The molecule has 0 aliphatic heterocycles. The third-order valence-electron chi connectivity index (χ3n) is 6.25. The van der Waals surface area contributed by atoms with E-state index >= 15 is 0 Å². The van der Waals surface area contributed by atoms with E-state index in [-0.39, 0.29) is 0 Å². The van der Waals surface area contributed by atoms with Gasteiger partial charge in [-0.1, -0.05) is 115 Å². The van der Waals surface area contributed by atoms with Crippen molar-refractivity contribution in [2.24, 2.45) is 0 Å². The summed E-state index contributed by atoms with van der Waals surface area (Å²) in [7, 11) is 1.63. The normalized spacial score (nSPS) is 12.4. The molecule has 37 heavy (non-hydrogen) atoms. The molecule has 4 nitrogen and oxygen atoms in total. The van der Waals surface area contributed by atoms with E-state index in [1.807, 2.05) is 91.0 Å². The minimum atomic E-state index is -0.775. The van der Waals surface area contributed by atoms with E-state index in [9.17, 15) is 4.79 Å². The van der Waals surface area contributed by atoms with Gasteiger partial charge in [0.2, 0.25) is 0 Å². The second-order valence-electron chi connectivity index (χ2n) is 8.63. The molecule has 0 heterocycles. The van der Waals surface area contributed by atoms with Gasteiger partial charge in [0.1, 0.15) is 23.7 Å². The fourth-order valence-electron chi connectivity index (χ4n) is 4.33. The molecule has 0 aliphatic carbocycles. The summed E-state index contributed by atoms with van der Waals surface area (Å²) in [5, 5.41) is 0. The van der Waals surface area contributed by atoms with E-state index in [0.29, 0.717) is 19.6 Å². The maximum absolute atomic E-state index is 11.6. The van der Waals surface area contributed by atoms with Crippen molar-refractivity contribution in [3.63, 3.8) is 0 Å². The van der Waals surface area contributed by atoms with Gasteiger partial charge in [0.25, 0.3) is 0 Å². The molecule has 0 unspecified atom stereocenters. The maximum atomic E-state index is 11.6. The van der Waals surface area contributed by atoms with Crippen LogP contribution in [0.25, 0.3) is 0 Å². The van der Waals surface area contributed by atoms with E-state index in [1.165, 1.54) is 0 Å². The van der Waals surface area contributed by atoms with Gasteiger partial charge in [0.15, 0.2) is 0 Å². The van der Waals surface area contributed by atoms with Crippen molar-refractivity contribution in [2.75, 3.05) is 13.7 Å². The summed E-state index contributed by atoms with van der Waals surface area (Å²) in [4.78, 5) is 11.6. The molecular formula is C33H32O4. The van der Waals surface area contributed by atoms with Gasteiger partial charge in [-0.25, -0.2) is 0 Å². The highest BCUT2D eigenvalue weighted by atomic mass is 16.5.